The molecule has 0 spiro atoms. The van der Waals surface area contributed by atoms with Crippen LogP contribution in [0, 0.1) is 11.3 Å². The summed E-state index contributed by atoms with van der Waals surface area (Å²) in [6.45, 7) is 2.02. The second kappa shape index (κ2) is 7.85. The highest BCUT2D eigenvalue weighted by Crippen LogP contribution is 2.31. The fourth-order valence-electron chi connectivity index (χ4n) is 2.62. The number of nitrogens with zero attached hydrogens (tertiary/aromatic N) is 4. The number of hydrogen-bond donors (Lipinski definition) is 1. The topological polar surface area (TPSA) is 91.8 Å². The lowest BCUT2D eigenvalue weighted by Gasteiger charge is -2.18. The van der Waals surface area contributed by atoms with Crippen molar-refractivity contribution in [2.24, 2.45) is 0 Å². The van der Waals surface area contributed by atoms with Gasteiger partial charge in [-0.15, -0.1) is 10.2 Å². The molecule has 3 aromatic rings. The molecule has 0 fully saturated rings. The molecule has 1 N–H and O–H groups in total. The van der Waals surface area contributed by atoms with E-state index in [1.165, 1.54) is 0 Å². The Balaban J connectivity index is 2.06. The largest absolute Gasteiger partial charge is 0.481 e. The van der Waals surface area contributed by atoms with E-state index in [4.69, 9.17) is 10.4 Å². The number of hydrogen-bond acceptors (Lipinski definition) is 5. The van der Waals surface area contributed by atoms with Crippen LogP contribution in [0.3, 0.4) is 0 Å². The molecular formula is C19H16N4O2S. The molecular weight excluding hydrogens is 348 g/mol. The first-order valence-electron chi connectivity index (χ1n) is 7.95. The minimum atomic E-state index is -0.906. The summed E-state index contributed by atoms with van der Waals surface area (Å²) in [5.41, 5.74) is 2.46. The van der Waals surface area contributed by atoms with Crippen molar-refractivity contribution < 1.29 is 9.90 Å². The van der Waals surface area contributed by atoms with E-state index in [1.807, 2.05) is 54.0 Å². The monoisotopic (exact) mass is 364 g/mol. The van der Waals surface area contributed by atoms with Gasteiger partial charge in [-0.1, -0.05) is 42.1 Å². The molecule has 0 radical (unpaired) electrons. The first kappa shape index (κ1) is 17.7. The summed E-state index contributed by atoms with van der Waals surface area (Å²) in [4.78, 5) is 11.0. The van der Waals surface area contributed by atoms with Crippen LogP contribution in [0.25, 0.3) is 11.4 Å². The molecule has 0 saturated carbocycles. The molecule has 26 heavy (non-hydrogen) atoms. The normalized spacial score (nSPS) is 11.7. The molecule has 0 aliphatic carbocycles. The zero-order valence-corrected chi connectivity index (χ0v) is 14.8. The van der Waals surface area contributed by atoms with Crippen molar-refractivity contribution >= 4 is 17.7 Å². The molecule has 1 atom stereocenters. The van der Waals surface area contributed by atoms with Crippen LogP contribution < -0.4 is 0 Å². The van der Waals surface area contributed by atoms with Crippen molar-refractivity contribution in [2.75, 3.05) is 5.75 Å². The van der Waals surface area contributed by atoms with E-state index in [0.29, 0.717) is 16.5 Å². The number of carboxylic acids is 1. The van der Waals surface area contributed by atoms with Crippen LogP contribution in [0.2, 0.25) is 0 Å². The minimum absolute atomic E-state index is 0.0758. The maximum Gasteiger partial charge on any atom is 0.313 e. The van der Waals surface area contributed by atoms with Crippen molar-refractivity contribution in [3.05, 3.63) is 65.7 Å². The van der Waals surface area contributed by atoms with Gasteiger partial charge in [0.05, 0.1) is 23.4 Å². The molecule has 0 bridgehead atoms. The van der Waals surface area contributed by atoms with E-state index in [1.54, 1.807) is 12.1 Å². The van der Waals surface area contributed by atoms with E-state index in [9.17, 15) is 4.79 Å². The summed E-state index contributed by atoms with van der Waals surface area (Å²) in [5.74, 6) is -0.358. The van der Waals surface area contributed by atoms with Crippen LogP contribution in [0.1, 0.15) is 24.1 Å². The molecule has 0 aliphatic heterocycles. The summed E-state index contributed by atoms with van der Waals surface area (Å²) in [6.07, 6.45) is 0. The predicted octanol–water partition coefficient (Wildman–Crippen LogP) is 3.60. The SMILES string of the molecule is C[C@H](c1ccccc1)n1c(SCC(=O)O)nnc1-c1ccc(C#N)cc1. The molecule has 7 heteroatoms. The summed E-state index contributed by atoms with van der Waals surface area (Å²) in [5, 5.41) is 27.0. The van der Waals surface area contributed by atoms with Gasteiger partial charge in [0.1, 0.15) is 0 Å². The third-order valence-corrected chi connectivity index (χ3v) is 4.86. The van der Waals surface area contributed by atoms with E-state index in [-0.39, 0.29) is 11.8 Å². The van der Waals surface area contributed by atoms with Gasteiger partial charge in [0.15, 0.2) is 11.0 Å². The lowest BCUT2D eigenvalue weighted by atomic mass is 10.1. The molecule has 1 aromatic heterocycles. The Hall–Kier alpha value is -3.11. The van der Waals surface area contributed by atoms with Gasteiger partial charge in [0, 0.05) is 5.56 Å². The lowest BCUT2D eigenvalue weighted by molar-refractivity contribution is -0.133. The van der Waals surface area contributed by atoms with Crippen molar-refractivity contribution in [3.63, 3.8) is 0 Å². The van der Waals surface area contributed by atoms with Crippen LogP contribution in [-0.2, 0) is 4.79 Å². The molecule has 0 unspecified atom stereocenters. The molecule has 0 amide bonds. The summed E-state index contributed by atoms with van der Waals surface area (Å²) >= 11 is 1.14. The molecule has 2 aromatic carbocycles. The Morgan fingerprint density at radius 2 is 1.88 bits per heavy atom. The Bertz CT molecular complexity index is 946. The molecule has 6 nitrogen and oxygen atoms in total. The highest BCUT2D eigenvalue weighted by atomic mass is 32.2. The number of carbonyl (C=O) groups is 1. The molecule has 0 aliphatic rings. The molecule has 1 heterocycles. The average Bonchev–Trinajstić information content (AvgIpc) is 3.10. The molecule has 3 rings (SSSR count). The number of nitriles is 1. The van der Waals surface area contributed by atoms with Gasteiger partial charge in [-0.05, 0) is 36.8 Å². The number of thioether (sulfide) groups is 1. The highest BCUT2D eigenvalue weighted by molar-refractivity contribution is 7.99. The summed E-state index contributed by atoms with van der Waals surface area (Å²) in [6, 6.07) is 19.0. The Kier molecular flexibility index (Phi) is 5.34. The number of aromatic nitrogens is 3. The second-order valence-corrected chi connectivity index (χ2v) is 6.58. The molecule has 0 saturated heterocycles. The summed E-state index contributed by atoms with van der Waals surface area (Å²) < 4.78 is 1.93. The van der Waals surface area contributed by atoms with Gasteiger partial charge in [-0.3, -0.25) is 9.36 Å². The number of benzene rings is 2. The van der Waals surface area contributed by atoms with Crippen molar-refractivity contribution in [3.8, 4) is 17.5 Å². The van der Waals surface area contributed by atoms with Gasteiger partial charge in [-0.2, -0.15) is 5.26 Å². The highest BCUT2D eigenvalue weighted by Gasteiger charge is 2.21. The third-order valence-electron chi connectivity index (χ3n) is 3.93. The van der Waals surface area contributed by atoms with E-state index in [0.717, 1.165) is 22.9 Å². The fraction of sp³-hybridized carbons (Fsp3) is 0.158. The predicted molar refractivity (Wildman–Crippen MR) is 98.8 cm³/mol. The number of aliphatic carboxylic acids is 1. The maximum absolute atomic E-state index is 11.0. The quantitative estimate of drug-likeness (QED) is 0.672. The lowest BCUT2D eigenvalue weighted by Crippen LogP contribution is -2.11. The van der Waals surface area contributed by atoms with Gasteiger partial charge in [0.25, 0.3) is 0 Å². The van der Waals surface area contributed by atoms with Crippen LogP contribution in [0.4, 0.5) is 0 Å². The van der Waals surface area contributed by atoms with Gasteiger partial charge < -0.3 is 5.11 Å². The maximum atomic E-state index is 11.0. The Morgan fingerprint density at radius 1 is 1.19 bits per heavy atom. The molecule has 130 valence electrons. The van der Waals surface area contributed by atoms with Gasteiger partial charge in [0.2, 0.25) is 0 Å². The smallest absolute Gasteiger partial charge is 0.313 e. The minimum Gasteiger partial charge on any atom is -0.481 e. The third kappa shape index (κ3) is 3.76. The van der Waals surface area contributed by atoms with Gasteiger partial charge >= 0.3 is 5.97 Å². The van der Waals surface area contributed by atoms with Crippen molar-refractivity contribution in [2.45, 2.75) is 18.1 Å². The zero-order valence-electron chi connectivity index (χ0n) is 14.0. The van der Waals surface area contributed by atoms with Crippen LogP contribution >= 0.6 is 11.8 Å². The van der Waals surface area contributed by atoms with E-state index < -0.39 is 5.97 Å². The van der Waals surface area contributed by atoms with E-state index in [2.05, 4.69) is 16.3 Å². The Morgan fingerprint density at radius 3 is 2.50 bits per heavy atom. The van der Waals surface area contributed by atoms with Crippen LogP contribution in [-0.4, -0.2) is 31.6 Å². The van der Waals surface area contributed by atoms with Crippen molar-refractivity contribution in [1.82, 2.24) is 14.8 Å². The Labute approximate surface area is 155 Å². The summed E-state index contributed by atoms with van der Waals surface area (Å²) in [7, 11) is 0. The first-order chi connectivity index (χ1) is 12.6. The number of rotatable bonds is 6. The average molecular weight is 364 g/mol. The first-order valence-corrected chi connectivity index (χ1v) is 8.93. The van der Waals surface area contributed by atoms with Crippen LogP contribution in [0.5, 0.6) is 0 Å². The fourth-order valence-corrected chi connectivity index (χ4v) is 3.36. The zero-order chi connectivity index (χ0) is 18.5. The standard InChI is InChI=1S/C19H16N4O2S/c1-13(15-5-3-2-4-6-15)23-18(16-9-7-14(11-20)8-10-16)21-22-19(23)26-12-17(24)25/h2-10,13H,12H2,1H3,(H,24,25)/t13-/m1/s1. The van der Waals surface area contributed by atoms with Crippen LogP contribution in [0.15, 0.2) is 59.8 Å². The van der Waals surface area contributed by atoms with Gasteiger partial charge in [-0.25, -0.2) is 0 Å². The van der Waals surface area contributed by atoms with E-state index >= 15 is 0 Å². The second-order valence-electron chi connectivity index (χ2n) is 5.63. The number of carboxylic acid groups (broad SMARTS) is 1. The van der Waals surface area contributed by atoms with Crippen molar-refractivity contribution in [1.29, 1.82) is 5.26 Å².